The Bertz CT molecular complexity index is 912. The molecule has 3 rings (SSSR count). The second-order valence-electron chi connectivity index (χ2n) is 6.64. The highest BCUT2D eigenvalue weighted by Crippen LogP contribution is 2.22. The zero-order chi connectivity index (χ0) is 19.4. The average Bonchev–Trinajstić information content (AvgIpc) is 2.66. The first-order chi connectivity index (χ1) is 12.9. The third-order valence-corrected chi connectivity index (χ3v) is 4.66. The fraction of sp³-hybridized carbons (Fsp3) is 0.368. The maximum Gasteiger partial charge on any atom is 0.303 e. The number of hydrogen-bond donors (Lipinski definition) is 1. The lowest BCUT2D eigenvalue weighted by Gasteiger charge is -2.32. The quantitative estimate of drug-likeness (QED) is 0.866. The number of aliphatic carboxylic acids is 1. The van der Waals surface area contributed by atoms with Crippen LogP contribution in [0.2, 0.25) is 0 Å². The Morgan fingerprint density at radius 1 is 1.30 bits per heavy atom. The van der Waals surface area contributed by atoms with Gasteiger partial charge in [-0.05, 0) is 43.4 Å². The van der Waals surface area contributed by atoms with Crippen LogP contribution in [0, 0.1) is 11.7 Å². The van der Waals surface area contributed by atoms with E-state index >= 15 is 0 Å². The van der Waals surface area contributed by atoms with Crippen molar-refractivity contribution < 1.29 is 19.1 Å². The van der Waals surface area contributed by atoms with Crippen LogP contribution in [0.4, 0.5) is 4.39 Å². The van der Waals surface area contributed by atoms with Crippen molar-refractivity contribution in [2.45, 2.75) is 25.7 Å². The summed E-state index contributed by atoms with van der Waals surface area (Å²) >= 11 is 0. The van der Waals surface area contributed by atoms with Crippen molar-refractivity contribution in [3.63, 3.8) is 0 Å². The van der Waals surface area contributed by atoms with Gasteiger partial charge in [-0.2, -0.15) is 5.10 Å². The first-order valence-electron chi connectivity index (χ1n) is 8.81. The van der Waals surface area contributed by atoms with Crippen molar-refractivity contribution in [1.82, 2.24) is 14.7 Å². The summed E-state index contributed by atoms with van der Waals surface area (Å²) in [6, 6.07) is 6.93. The molecule has 1 aliphatic heterocycles. The number of benzene rings is 1. The highest BCUT2D eigenvalue weighted by molar-refractivity contribution is 5.92. The SMILES string of the molecule is O=C(O)CC[C@H]1CCCN(C(=O)c2nn(-c3cccc(F)c3)ccc2=O)C1. The van der Waals surface area contributed by atoms with Crippen LogP contribution in [0.5, 0.6) is 0 Å². The maximum absolute atomic E-state index is 13.4. The summed E-state index contributed by atoms with van der Waals surface area (Å²) in [5, 5.41) is 12.9. The molecular formula is C19H20FN3O4. The molecule has 1 saturated heterocycles. The molecule has 142 valence electrons. The van der Waals surface area contributed by atoms with Gasteiger partial charge in [-0.15, -0.1) is 0 Å². The lowest BCUT2D eigenvalue weighted by molar-refractivity contribution is -0.137. The predicted molar refractivity (Wildman–Crippen MR) is 95.3 cm³/mol. The highest BCUT2D eigenvalue weighted by Gasteiger charge is 2.27. The molecule has 0 unspecified atom stereocenters. The van der Waals surface area contributed by atoms with Crippen LogP contribution in [-0.2, 0) is 4.79 Å². The third kappa shape index (κ3) is 4.58. The molecule has 1 aromatic carbocycles. The second-order valence-corrected chi connectivity index (χ2v) is 6.64. The van der Waals surface area contributed by atoms with E-state index in [9.17, 15) is 18.8 Å². The lowest BCUT2D eigenvalue weighted by Crippen LogP contribution is -2.42. The molecule has 1 amide bonds. The van der Waals surface area contributed by atoms with Crippen LogP contribution in [0.3, 0.4) is 0 Å². The molecule has 1 N–H and O–H groups in total. The van der Waals surface area contributed by atoms with Gasteiger partial charge in [0.15, 0.2) is 5.69 Å². The second kappa shape index (κ2) is 8.11. The zero-order valence-electron chi connectivity index (χ0n) is 14.7. The van der Waals surface area contributed by atoms with E-state index in [-0.39, 0.29) is 18.0 Å². The molecule has 1 aliphatic rings. The van der Waals surface area contributed by atoms with Gasteiger partial charge in [-0.1, -0.05) is 6.07 Å². The molecule has 0 spiro atoms. The Balaban J connectivity index is 1.80. The van der Waals surface area contributed by atoms with E-state index in [0.29, 0.717) is 25.2 Å². The molecule has 1 aromatic heterocycles. The normalized spacial score (nSPS) is 16.9. The number of nitrogens with zero attached hydrogens (tertiary/aromatic N) is 3. The fourth-order valence-corrected chi connectivity index (χ4v) is 3.28. The third-order valence-electron chi connectivity index (χ3n) is 4.66. The topological polar surface area (TPSA) is 92.5 Å². The van der Waals surface area contributed by atoms with Crippen molar-refractivity contribution in [2.75, 3.05) is 13.1 Å². The largest absolute Gasteiger partial charge is 0.481 e. The molecule has 0 saturated carbocycles. The highest BCUT2D eigenvalue weighted by atomic mass is 19.1. The van der Waals surface area contributed by atoms with Crippen LogP contribution in [0.1, 0.15) is 36.2 Å². The van der Waals surface area contributed by atoms with E-state index in [4.69, 9.17) is 5.11 Å². The minimum absolute atomic E-state index is 0.0582. The number of halogens is 1. The molecule has 2 heterocycles. The van der Waals surface area contributed by atoms with Gasteiger partial charge in [0.1, 0.15) is 5.82 Å². The van der Waals surface area contributed by atoms with Gasteiger partial charge >= 0.3 is 5.97 Å². The number of rotatable bonds is 5. The number of amides is 1. The molecule has 7 nitrogen and oxygen atoms in total. The number of likely N-dealkylation sites (tertiary alicyclic amines) is 1. The van der Waals surface area contributed by atoms with Crippen molar-refractivity contribution >= 4 is 11.9 Å². The van der Waals surface area contributed by atoms with E-state index in [1.165, 1.54) is 35.1 Å². The molecule has 0 radical (unpaired) electrons. The molecule has 1 atom stereocenters. The number of carboxylic acids is 1. The molecule has 0 bridgehead atoms. The first kappa shape index (κ1) is 18.8. The molecule has 0 aliphatic carbocycles. The summed E-state index contributed by atoms with van der Waals surface area (Å²) in [7, 11) is 0. The molecule has 27 heavy (non-hydrogen) atoms. The molecule has 2 aromatic rings. The van der Waals surface area contributed by atoms with E-state index in [1.807, 2.05) is 0 Å². The summed E-state index contributed by atoms with van der Waals surface area (Å²) in [6.45, 7) is 0.903. The number of carbonyl (C=O) groups excluding carboxylic acids is 1. The number of carbonyl (C=O) groups is 2. The van der Waals surface area contributed by atoms with Crippen LogP contribution < -0.4 is 5.43 Å². The summed E-state index contributed by atoms with van der Waals surface area (Å²) < 4.78 is 14.7. The van der Waals surface area contributed by atoms with E-state index in [2.05, 4.69) is 5.10 Å². The standard InChI is InChI=1S/C19H20FN3O4/c20-14-4-1-5-15(11-14)23-10-8-16(24)18(21-23)19(27)22-9-2-3-13(12-22)6-7-17(25)26/h1,4-5,8,10-11,13H,2-3,6-7,9,12H2,(H,25,26)/t13-/m1/s1. The summed E-state index contributed by atoms with van der Waals surface area (Å²) in [4.78, 5) is 37.3. The number of piperidine rings is 1. The summed E-state index contributed by atoms with van der Waals surface area (Å²) in [6.07, 6.45) is 3.55. The van der Waals surface area contributed by atoms with Crippen LogP contribution in [0.25, 0.3) is 5.69 Å². The smallest absolute Gasteiger partial charge is 0.303 e. The minimum atomic E-state index is -0.860. The van der Waals surface area contributed by atoms with Crippen LogP contribution >= 0.6 is 0 Å². The van der Waals surface area contributed by atoms with Gasteiger partial charge in [0.05, 0.1) is 5.69 Å². The van der Waals surface area contributed by atoms with Crippen molar-refractivity contribution in [2.24, 2.45) is 5.92 Å². The van der Waals surface area contributed by atoms with Gasteiger partial charge < -0.3 is 10.0 Å². The Morgan fingerprint density at radius 2 is 2.11 bits per heavy atom. The van der Waals surface area contributed by atoms with E-state index in [1.54, 1.807) is 11.0 Å². The van der Waals surface area contributed by atoms with Gasteiger partial charge in [0, 0.05) is 31.8 Å². The summed E-state index contributed by atoms with van der Waals surface area (Å²) in [5.41, 5.74) is -0.317. The van der Waals surface area contributed by atoms with Gasteiger partial charge in [-0.3, -0.25) is 14.4 Å². The first-order valence-corrected chi connectivity index (χ1v) is 8.81. The van der Waals surface area contributed by atoms with Gasteiger partial charge in [-0.25, -0.2) is 9.07 Å². The number of hydrogen-bond acceptors (Lipinski definition) is 4. The van der Waals surface area contributed by atoms with Gasteiger partial charge in [0.25, 0.3) is 5.91 Å². The number of carboxylic acid groups (broad SMARTS) is 1. The maximum atomic E-state index is 13.4. The predicted octanol–water partition coefficient (Wildman–Crippen LogP) is 2.09. The monoisotopic (exact) mass is 373 g/mol. The Hall–Kier alpha value is -3.03. The van der Waals surface area contributed by atoms with Crippen molar-refractivity contribution in [3.8, 4) is 5.69 Å². The average molecular weight is 373 g/mol. The van der Waals surface area contributed by atoms with E-state index < -0.39 is 23.1 Å². The minimum Gasteiger partial charge on any atom is -0.481 e. The molecular weight excluding hydrogens is 353 g/mol. The van der Waals surface area contributed by atoms with Gasteiger partial charge in [0.2, 0.25) is 5.43 Å². The molecule has 1 fully saturated rings. The lowest BCUT2D eigenvalue weighted by atomic mass is 9.93. The molecule has 8 heteroatoms. The number of aromatic nitrogens is 2. The van der Waals surface area contributed by atoms with Crippen LogP contribution in [-0.4, -0.2) is 44.8 Å². The van der Waals surface area contributed by atoms with Crippen LogP contribution in [0.15, 0.2) is 41.3 Å². The Labute approximate surface area is 155 Å². The summed E-state index contributed by atoms with van der Waals surface area (Å²) in [5.74, 6) is -1.70. The van der Waals surface area contributed by atoms with Crippen molar-refractivity contribution in [1.29, 1.82) is 0 Å². The van der Waals surface area contributed by atoms with E-state index in [0.717, 1.165) is 12.8 Å². The Kier molecular flexibility index (Phi) is 5.63. The van der Waals surface area contributed by atoms with Crippen molar-refractivity contribution in [3.05, 3.63) is 58.3 Å². The fourth-order valence-electron chi connectivity index (χ4n) is 3.28. The zero-order valence-corrected chi connectivity index (χ0v) is 14.7. The Morgan fingerprint density at radius 3 is 2.85 bits per heavy atom.